The van der Waals surface area contributed by atoms with E-state index in [-0.39, 0.29) is 23.1 Å². The van der Waals surface area contributed by atoms with E-state index in [4.69, 9.17) is 4.42 Å². The van der Waals surface area contributed by atoms with E-state index in [2.05, 4.69) is 21.7 Å². The molecule has 2 aromatic heterocycles. The van der Waals surface area contributed by atoms with Gasteiger partial charge in [-0.05, 0) is 68.4 Å². The fourth-order valence-electron chi connectivity index (χ4n) is 4.12. The number of rotatable bonds is 5. The highest BCUT2D eigenvalue weighted by Gasteiger charge is 2.24. The van der Waals surface area contributed by atoms with Gasteiger partial charge in [0.05, 0.1) is 11.4 Å². The molecule has 3 aromatic rings. The third-order valence-corrected chi connectivity index (χ3v) is 6.51. The fourth-order valence-corrected chi connectivity index (χ4v) is 4.98. The number of fused-ring (bicyclic) bond motifs is 1. The number of hydrogen-bond acceptors (Lipinski definition) is 5. The van der Waals surface area contributed by atoms with Gasteiger partial charge < -0.3 is 9.73 Å². The van der Waals surface area contributed by atoms with Gasteiger partial charge in [-0.3, -0.25) is 14.5 Å². The minimum Gasteiger partial charge on any atom is -0.450 e. The Labute approximate surface area is 174 Å². The summed E-state index contributed by atoms with van der Waals surface area (Å²) in [6, 6.07) is 9.38. The van der Waals surface area contributed by atoms with Crippen LogP contribution >= 0.6 is 11.3 Å². The van der Waals surface area contributed by atoms with Crippen LogP contribution < -0.4 is 10.7 Å². The molecule has 0 radical (unpaired) electrons. The number of carbonyl (C=O) groups is 1. The monoisotopic (exact) mass is 410 g/mol. The predicted octanol–water partition coefficient (Wildman–Crippen LogP) is 4.43. The van der Waals surface area contributed by atoms with Crippen molar-refractivity contribution < 1.29 is 9.21 Å². The summed E-state index contributed by atoms with van der Waals surface area (Å²) < 4.78 is 5.84. The Kier molecular flexibility index (Phi) is 5.83. The lowest BCUT2D eigenvalue weighted by Gasteiger charge is -2.34. The van der Waals surface area contributed by atoms with E-state index < -0.39 is 0 Å². The molecule has 0 spiro atoms. The molecule has 1 N–H and O–H groups in total. The molecular formula is C23H26N2O3S. The summed E-state index contributed by atoms with van der Waals surface area (Å²) in [7, 11) is 0. The third-order valence-electron chi connectivity index (χ3n) is 5.54. The molecule has 1 aliphatic rings. The number of nitrogens with one attached hydrogen (secondary N) is 1. The second-order valence-electron chi connectivity index (χ2n) is 7.77. The average molecular weight is 411 g/mol. The molecule has 0 unspecified atom stereocenters. The van der Waals surface area contributed by atoms with Gasteiger partial charge in [0, 0.05) is 17.5 Å². The van der Waals surface area contributed by atoms with Crippen molar-refractivity contribution in [3.8, 4) is 0 Å². The van der Waals surface area contributed by atoms with Crippen molar-refractivity contribution in [1.29, 1.82) is 0 Å². The van der Waals surface area contributed by atoms with Crippen molar-refractivity contribution in [1.82, 2.24) is 10.2 Å². The van der Waals surface area contributed by atoms with Gasteiger partial charge in [0.1, 0.15) is 5.58 Å². The van der Waals surface area contributed by atoms with Gasteiger partial charge in [-0.15, -0.1) is 11.3 Å². The average Bonchev–Trinajstić information content (AvgIpc) is 3.24. The molecule has 1 amide bonds. The number of thiophene rings is 1. The van der Waals surface area contributed by atoms with Crippen LogP contribution in [-0.4, -0.2) is 30.4 Å². The van der Waals surface area contributed by atoms with Gasteiger partial charge in [0.15, 0.2) is 11.2 Å². The number of hydrogen-bond donors (Lipinski definition) is 1. The van der Waals surface area contributed by atoms with E-state index in [1.807, 2.05) is 26.0 Å². The first-order valence-corrected chi connectivity index (χ1v) is 11.0. The van der Waals surface area contributed by atoms with Crippen molar-refractivity contribution in [3.63, 3.8) is 0 Å². The maximum Gasteiger partial charge on any atom is 0.287 e. The summed E-state index contributed by atoms with van der Waals surface area (Å²) >= 11 is 1.71. The number of benzene rings is 1. The van der Waals surface area contributed by atoms with Crippen LogP contribution in [0, 0.1) is 13.8 Å². The Hall–Kier alpha value is -2.44. The SMILES string of the molecule is Cc1cc(C)c2oc(C(=O)NC[C@@H](c3cccs3)N3CCCCC3)cc(=O)c2c1. The Morgan fingerprint density at radius 3 is 2.72 bits per heavy atom. The standard InChI is InChI=1S/C23H26N2O3S/c1-15-11-16(2)22-17(12-15)19(26)13-20(28-22)23(27)24-14-18(21-7-6-10-29-21)25-8-4-3-5-9-25/h6-7,10-13,18H,3-5,8-9,14H2,1-2H3,(H,24,27)/t18-/m0/s1. The van der Waals surface area contributed by atoms with Crippen LogP contribution in [0.25, 0.3) is 11.0 Å². The first-order valence-electron chi connectivity index (χ1n) is 10.1. The zero-order valence-electron chi connectivity index (χ0n) is 16.9. The molecule has 6 heteroatoms. The fraction of sp³-hybridized carbons (Fsp3) is 0.391. The zero-order chi connectivity index (χ0) is 20.4. The summed E-state index contributed by atoms with van der Waals surface area (Å²) in [4.78, 5) is 29.0. The molecule has 1 aliphatic heterocycles. The normalized spacial score (nSPS) is 16.1. The molecular weight excluding hydrogens is 384 g/mol. The van der Waals surface area contributed by atoms with Gasteiger partial charge in [0.25, 0.3) is 5.91 Å². The van der Waals surface area contributed by atoms with Crippen LogP contribution in [0.15, 0.2) is 44.9 Å². The van der Waals surface area contributed by atoms with Gasteiger partial charge in [-0.2, -0.15) is 0 Å². The number of nitrogens with zero attached hydrogens (tertiary/aromatic N) is 1. The summed E-state index contributed by atoms with van der Waals surface area (Å²) in [6.45, 7) is 6.42. The van der Waals surface area contributed by atoms with Crippen molar-refractivity contribution >= 4 is 28.2 Å². The lowest BCUT2D eigenvalue weighted by atomic mass is 10.1. The highest BCUT2D eigenvalue weighted by atomic mass is 32.1. The molecule has 1 aromatic carbocycles. The highest BCUT2D eigenvalue weighted by Crippen LogP contribution is 2.27. The quantitative estimate of drug-likeness (QED) is 0.676. The first-order chi connectivity index (χ1) is 14.0. The predicted molar refractivity (Wildman–Crippen MR) is 117 cm³/mol. The molecule has 0 saturated carbocycles. The van der Waals surface area contributed by atoms with Crippen molar-refractivity contribution in [2.24, 2.45) is 0 Å². The van der Waals surface area contributed by atoms with E-state index >= 15 is 0 Å². The maximum atomic E-state index is 12.8. The van der Waals surface area contributed by atoms with Crippen LogP contribution in [0.5, 0.6) is 0 Å². The van der Waals surface area contributed by atoms with E-state index in [9.17, 15) is 9.59 Å². The Morgan fingerprint density at radius 2 is 2.00 bits per heavy atom. The van der Waals surface area contributed by atoms with Gasteiger partial charge >= 0.3 is 0 Å². The van der Waals surface area contributed by atoms with E-state index in [0.717, 1.165) is 24.2 Å². The van der Waals surface area contributed by atoms with E-state index in [1.54, 1.807) is 17.4 Å². The molecule has 152 valence electrons. The van der Waals surface area contributed by atoms with Crippen LogP contribution in [0.2, 0.25) is 0 Å². The molecule has 5 nitrogen and oxygen atoms in total. The topological polar surface area (TPSA) is 62.6 Å². The van der Waals surface area contributed by atoms with Crippen LogP contribution in [0.4, 0.5) is 0 Å². The minimum atomic E-state index is -0.345. The molecule has 1 atom stereocenters. The Morgan fingerprint density at radius 1 is 1.21 bits per heavy atom. The summed E-state index contributed by atoms with van der Waals surface area (Å²) in [5.41, 5.74) is 2.16. The number of carbonyl (C=O) groups excluding carboxylic acids is 1. The molecule has 4 rings (SSSR count). The summed E-state index contributed by atoms with van der Waals surface area (Å²) in [6.07, 6.45) is 3.64. The molecule has 1 fully saturated rings. The van der Waals surface area contributed by atoms with Crippen molar-refractivity contribution in [2.75, 3.05) is 19.6 Å². The third kappa shape index (κ3) is 4.28. The van der Waals surface area contributed by atoms with Crippen LogP contribution in [-0.2, 0) is 0 Å². The van der Waals surface area contributed by atoms with Crippen LogP contribution in [0.1, 0.15) is 51.9 Å². The van der Waals surface area contributed by atoms with E-state index in [0.29, 0.717) is 17.5 Å². The Balaban J connectivity index is 1.56. The number of piperidine rings is 1. The minimum absolute atomic E-state index is 0.0676. The molecule has 0 aliphatic carbocycles. The lowest BCUT2D eigenvalue weighted by Crippen LogP contribution is -2.40. The number of likely N-dealkylation sites (tertiary alicyclic amines) is 1. The number of amides is 1. The second-order valence-corrected chi connectivity index (χ2v) is 8.75. The molecule has 3 heterocycles. The second kappa shape index (κ2) is 8.51. The van der Waals surface area contributed by atoms with Gasteiger partial charge in [-0.25, -0.2) is 0 Å². The lowest BCUT2D eigenvalue weighted by molar-refractivity contribution is 0.0899. The van der Waals surface area contributed by atoms with Gasteiger partial charge in [-0.1, -0.05) is 18.6 Å². The van der Waals surface area contributed by atoms with E-state index in [1.165, 1.54) is 30.2 Å². The molecule has 29 heavy (non-hydrogen) atoms. The summed E-state index contributed by atoms with van der Waals surface area (Å²) in [5.74, 6) is -0.277. The first kappa shape index (κ1) is 19.9. The number of aryl methyl sites for hydroxylation is 2. The maximum absolute atomic E-state index is 12.8. The summed E-state index contributed by atoms with van der Waals surface area (Å²) in [5, 5.41) is 5.59. The van der Waals surface area contributed by atoms with Crippen molar-refractivity contribution in [2.45, 2.75) is 39.2 Å². The smallest absolute Gasteiger partial charge is 0.287 e. The van der Waals surface area contributed by atoms with Crippen LogP contribution in [0.3, 0.4) is 0 Å². The van der Waals surface area contributed by atoms with Crippen molar-refractivity contribution in [3.05, 3.63) is 67.7 Å². The zero-order valence-corrected chi connectivity index (χ0v) is 17.7. The highest BCUT2D eigenvalue weighted by molar-refractivity contribution is 7.10. The molecule has 1 saturated heterocycles. The Bertz CT molecular complexity index is 1070. The largest absolute Gasteiger partial charge is 0.450 e. The van der Waals surface area contributed by atoms with Gasteiger partial charge in [0.2, 0.25) is 0 Å². The molecule has 0 bridgehead atoms.